The highest BCUT2D eigenvalue weighted by molar-refractivity contribution is 7.90. The molecule has 0 radical (unpaired) electrons. The number of hydrogen-bond donors (Lipinski definition) is 2. The summed E-state index contributed by atoms with van der Waals surface area (Å²) in [5.74, 6) is -1.64. The molecule has 166 valence electrons. The van der Waals surface area contributed by atoms with Crippen molar-refractivity contribution in [1.82, 2.24) is 15.1 Å². The van der Waals surface area contributed by atoms with Crippen molar-refractivity contribution in [1.29, 1.82) is 0 Å². The van der Waals surface area contributed by atoms with Gasteiger partial charge in [-0.1, -0.05) is 35.9 Å². The number of benzene rings is 2. The minimum absolute atomic E-state index is 0.0797. The van der Waals surface area contributed by atoms with Crippen LogP contribution in [0.15, 0.2) is 48.5 Å². The predicted molar refractivity (Wildman–Crippen MR) is 118 cm³/mol. The highest BCUT2D eigenvalue weighted by Crippen LogP contribution is 2.33. The van der Waals surface area contributed by atoms with Crippen LogP contribution in [0.2, 0.25) is 5.02 Å². The van der Waals surface area contributed by atoms with E-state index in [1.54, 1.807) is 48.5 Å². The van der Waals surface area contributed by atoms with Crippen LogP contribution in [0.25, 0.3) is 5.69 Å². The summed E-state index contributed by atoms with van der Waals surface area (Å²) in [5.41, 5.74) is 1.91. The van der Waals surface area contributed by atoms with E-state index in [0.29, 0.717) is 33.3 Å². The quantitative estimate of drug-likeness (QED) is 0.547. The van der Waals surface area contributed by atoms with Crippen molar-refractivity contribution in [3.63, 3.8) is 0 Å². The van der Waals surface area contributed by atoms with Crippen LogP contribution in [0, 0.1) is 0 Å². The standard InChI is InChI=1S/C21H19ClN4O5S/c1-31-18-8-3-2-5-13(18)10-23-20(27)21(28)24-19-16-11-32(29,30)12-17(16)25-26(19)15-7-4-6-14(22)9-15/h2-9H,10-12H2,1H3,(H,23,27)(H,24,28). The van der Waals surface area contributed by atoms with Gasteiger partial charge in [0, 0.05) is 22.7 Å². The summed E-state index contributed by atoms with van der Waals surface area (Å²) in [7, 11) is -1.86. The SMILES string of the molecule is COc1ccccc1CNC(=O)C(=O)Nc1c2c(nn1-c1cccc(Cl)c1)CS(=O)(=O)C2. The minimum Gasteiger partial charge on any atom is -0.496 e. The molecule has 3 aromatic rings. The number of nitrogens with zero attached hydrogens (tertiary/aromatic N) is 2. The van der Waals surface area contributed by atoms with Crippen LogP contribution < -0.4 is 15.4 Å². The Morgan fingerprint density at radius 1 is 1.12 bits per heavy atom. The first-order valence-electron chi connectivity index (χ1n) is 9.55. The molecule has 0 bridgehead atoms. The van der Waals surface area contributed by atoms with Crippen LogP contribution in [-0.2, 0) is 37.5 Å². The monoisotopic (exact) mass is 474 g/mol. The summed E-state index contributed by atoms with van der Waals surface area (Å²) in [6, 6.07) is 13.8. The largest absolute Gasteiger partial charge is 0.496 e. The number of fused-ring (bicyclic) bond motifs is 1. The van der Waals surface area contributed by atoms with Gasteiger partial charge in [0.15, 0.2) is 9.84 Å². The third kappa shape index (κ3) is 4.46. The zero-order chi connectivity index (χ0) is 22.9. The lowest BCUT2D eigenvalue weighted by atomic mass is 10.2. The van der Waals surface area contributed by atoms with Gasteiger partial charge < -0.3 is 15.4 Å². The van der Waals surface area contributed by atoms with Crippen LogP contribution in [0.1, 0.15) is 16.8 Å². The molecule has 0 unspecified atom stereocenters. The molecule has 32 heavy (non-hydrogen) atoms. The number of aromatic nitrogens is 2. The van der Waals surface area contributed by atoms with Crippen molar-refractivity contribution < 1.29 is 22.7 Å². The second-order valence-corrected chi connectivity index (χ2v) is 9.65. The molecule has 0 atom stereocenters. The van der Waals surface area contributed by atoms with E-state index in [2.05, 4.69) is 15.7 Å². The number of methoxy groups -OCH3 is 1. The van der Waals surface area contributed by atoms with Gasteiger partial charge in [0.2, 0.25) is 0 Å². The van der Waals surface area contributed by atoms with Crippen molar-refractivity contribution in [2.45, 2.75) is 18.1 Å². The fourth-order valence-corrected chi connectivity index (χ4v) is 5.11. The molecular formula is C21H19ClN4O5S. The Labute approximate surface area is 189 Å². The van der Waals surface area contributed by atoms with E-state index in [0.717, 1.165) is 0 Å². The number of carbonyl (C=O) groups is 2. The van der Waals surface area contributed by atoms with Crippen LogP contribution in [0.5, 0.6) is 5.75 Å². The van der Waals surface area contributed by atoms with Crippen molar-refractivity contribution in [2.24, 2.45) is 0 Å². The van der Waals surface area contributed by atoms with E-state index in [4.69, 9.17) is 16.3 Å². The second-order valence-electron chi connectivity index (χ2n) is 7.15. The topological polar surface area (TPSA) is 119 Å². The molecule has 1 aromatic heterocycles. The predicted octanol–water partition coefficient (Wildman–Crippen LogP) is 2.22. The lowest BCUT2D eigenvalue weighted by molar-refractivity contribution is -0.136. The van der Waals surface area contributed by atoms with Crippen LogP contribution >= 0.6 is 11.6 Å². The Morgan fingerprint density at radius 2 is 1.91 bits per heavy atom. The summed E-state index contributed by atoms with van der Waals surface area (Å²) in [6.45, 7) is 0.0797. The molecule has 2 N–H and O–H groups in total. The number of anilines is 1. The normalized spacial score (nSPS) is 13.9. The molecule has 2 amide bonds. The molecule has 0 aliphatic carbocycles. The first kappa shape index (κ1) is 21.8. The van der Waals surface area contributed by atoms with Gasteiger partial charge in [-0.15, -0.1) is 0 Å². The fraction of sp³-hybridized carbons (Fsp3) is 0.190. The molecule has 0 fully saturated rings. The number of para-hydroxylation sites is 1. The Bertz CT molecular complexity index is 1320. The zero-order valence-corrected chi connectivity index (χ0v) is 18.5. The number of sulfone groups is 1. The highest BCUT2D eigenvalue weighted by atomic mass is 35.5. The average molecular weight is 475 g/mol. The fourth-order valence-electron chi connectivity index (χ4n) is 3.43. The average Bonchev–Trinajstić information content (AvgIpc) is 3.24. The van der Waals surface area contributed by atoms with Crippen LogP contribution in [0.3, 0.4) is 0 Å². The smallest absolute Gasteiger partial charge is 0.314 e. The van der Waals surface area contributed by atoms with E-state index in [-0.39, 0.29) is 23.9 Å². The maximum Gasteiger partial charge on any atom is 0.314 e. The van der Waals surface area contributed by atoms with E-state index in [9.17, 15) is 18.0 Å². The van der Waals surface area contributed by atoms with E-state index in [1.165, 1.54) is 11.8 Å². The number of nitrogens with one attached hydrogen (secondary N) is 2. The third-order valence-corrected chi connectivity index (χ3v) is 6.59. The molecular weight excluding hydrogens is 456 g/mol. The summed E-state index contributed by atoms with van der Waals surface area (Å²) in [6.07, 6.45) is 0. The van der Waals surface area contributed by atoms with Crippen molar-refractivity contribution >= 4 is 39.1 Å². The molecule has 4 rings (SSSR count). The Hall–Kier alpha value is -3.37. The lowest BCUT2D eigenvalue weighted by Gasteiger charge is -2.12. The van der Waals surface area contributed by atoms with Gasteiger partial charge >= 0.3 is 11.8 Å². The van der Waals surface area contributed by atoms with Gasteiger partial charge in [-0.3, -0.25) is 9.59 Å². The van der Waals surface area contributed by atoms with Gasteiger partial charge in [-0.2, -0.15) is 5.10 Å². The van der Waals surface area contributed by atoms with E-state index >= 15 is 0 Å². The number of hydrogen-bond acceptors (Lipinski definition) is 6. The van der Waals surface area contributed by atoms with Gasteiger partial charge in [0.05, 0.1) is 30.0 Å². The van der Waals surface area contributed by atoms with Crippen LogP contribution in [0.4, 0.5) is 5.82 Å². The molecule has 9 nitrogen and oxygen atoms in total. The number of carbonyl (C=O) groups excluding carboxylic acids is 2. The molecule has 2 aromatic carbocycles. The van der Waals surface area contributed by atoms with Crippen LogP contribution in [-0.4, -0.2) is 37.1 Å². The number of halogens is 1. The summed E-state index contributed by atoms with van der Waals surface area (Å²) in [5, 5.41) is 9.84. The Balaban J connectivity index is 1.58. The molecule has 1 aliphatic rings. The molecule has 1 aliphatic heterocycles. The maximum atomic E-state index is 12.6. The highest BCUT2D eigenvalue weighted by Gasteiger charge is 2.34. The second kappa shape index (κ2) is 8.64. The molecule has 11 heteroatoms. The number of rotatable bonds is 5. The number of ether oxygens (including phenoxy) is 1. The summed E-state index contributed by atoms with van der Waals surface area (Å²) < 4.78 is 30.8. The third-order valence-electron chi connectivity index (χ3n) is 4.91. The van der Waals surface area contributed by atoms with Gasteiger partial charge in [0.1, 0.15) is 11.6 Å². The van der Waals surface area contributed by atoms with Gasteiger partial charge in [-0.25, -0.2) is 13.1 Å². The maximum absolute atomic E-state index is 12.6. The first-order valence-corrected chi connectivity index (χ1v) is 11.8. The molecule has 0 spiro atoms. The molecule has 0 saturated heterocycles. The molecule has 2 heterocycles. The van der Waals surface area contributed by atoms with Gasteiger partial charge in [-0.05, 0) is 24.3 Å². The zero-order valence-electron chi connectivity index (χ0n) is 17.0. The van der Waals surface area contributed by atoms with Crippen molar-refractivity contribution in [3.8, 4) is 11.4 Å². The van der Waals surface area contributed by atoms with Crippen molar-refractivity contribution in [3.05, 3.63) is 70.4 Å². The Morgan fingerprint density at radius 3 is 2.66 bits per heavy atom. The number of amides is 2. The first-order chi connectivity index (χ1) is 15.3. The van der Waals surface area contributed by atoms with Crippen molar-refractivity contribution in [2.75, 3.05) is 12.4 Å². The van der Waals surface area contributed by atoms with E-state index < -0.39 is 21.7 Å². The molecule has 0 saturated carbocycles. The minimum atomic E-state index is -3.37. The summed E-state index contributed by atoms with van der Waals surface area (Å²) in [4.78, 5) is 25.1. The Kier molecular flexibility index (Phi) is 5.90. The summed E-state index contributed by atoms with van der Waals surface area (Å²) >= 11 is 6.07. The lowest BCUT2D eigenvalue weighted by Crippen LogP contribution is -2.35. The van der Waals surface area contributed by atoms with E-state index in [1.807, 2.05) is 0 Å². The van der Waals surface area contributed by atoms with Gasteiger partial charge in [0.25, 0.3) is 0 Å².